The minimum atomic E-state index is -1.26. The summed E-state index contributed by atoms with van der Waals surface area (Å²) in [5, 5.41) is 17.0. The fraction of sp³-hybridized carbons (Fsp3) is 0.400. The van der Waals surface area contributed by atoms with Gasteiger partial charge in [0.2, 0.25) is 0 Å². The maximum Gasteiger partial charge on any atom is 0.328 e. The number of nitrogens with zero attached hydrogens (tertiary/aromatic N) is 1. The molecule has 2 aliphatic heterocycles. The highest BCUT2D eigenvalue weighted by molar-refractivity contribution is 5.89. The molecular formula is C30H36N2O6. The first-order chi connectivity index (χ1) is 18.3. The fourth-order valence-corrected chi connectivity index (χ4v) is 5.36. The van der Waals surface area contributed by atoms with Crippen LogP contribution in [0.5, 0.6) is 5.75 Å². The Morgan fingerprint density at radius 2 is 1.71 bits per heavy atom. The minimum Gasteiger partial charge on any atom is -0.487 e. The fourth-order valence-electron chi connectivity index (χ4n) is 5.36. The Labute approximate surface area is 222 Å². The van der Waals surface area contributed by atoms with Gasteiger partial charge in [-0.2, -0.15) is 0 Å². The third-order valence-corrected chi connectivity index (χ3v) is 7.53. The molecule has 1 unspecified atom stereocenters. The highest BCUT2D eigenvalue weighted by Crippen LogP contribution is 2.37. The summed E-state index contributed by atoms with van der Waals surface area (Å²) in [7, 11) is 0. The predicted octanol–water partition coefficient (Wildman–Crippen LogP) is 4.95. The first-order valence-corrected chi connectivity index (χ1v) is 13.1. The van der Waals surface area contributed by atoms with Gasteiger partial charge in [0, 0.05) is 47.4 Å². The molecule has 0 aliphatic carbocycles. The summed E-state index contributed by atoms with van der Waals surface area (Å²) < 4.78 is 12.8. The molecule has 1 atom stereocenters. The van der Waals surface area contributed by atoms with E-state index >= 15 is 0 Å². The summed E-state index contributed by atoms with van der Waals surface area (Å²) in [6.45, 7) is 8.33. The van der Waals surface area contributed by atoms with Crippen molar-refractivity contribution in [2.45, 2.75) is 57.8 Å². The predicted molar refractivity (Wildman–Crippen MR) is 145 cm³/mol. The number of aryl methyl sites for hydroxylation is 2. The van der Waals surface area contributed by atoms with Crippen LogP contribution < -0.4 is 4.74 Å². The van der Waals surface area contributed by atoms with Crippen LogP contribution in [-0.2, 0) is 27.4 Å². The second-order valence-electron chi connectivity index (χ2n) is 9.95. The minimum absolute atomic E-state index is 0.0807. The summed E-state index contributed by atoms with van der Waals surface area (Å²) in [6.07, 6.45) is 5.58. The number of likely N-dealkylation sites (tertiary alicyclic amines) is 1. The Morgan fingerprint density at radius 1 is 1.05 bits per heavy atom. The number of nitrogens with one attached hydrogen (secondary N) is 1. The van der Waals surface area contributed by atoms with E-state index in [1.54, 1.807) is 0 Å². The maximum atomic E-state index is 9.55. The summed E-state index contributed by atoms with van der Waals surface area (Å²) in [5.74, 6) is -1.53. The molecule has 0 amide bonds. The molecular weight excluding hydrogens is 484 g/mol. The van der Waals surface area contributed by atoms with Crippen molar-refractivity contribution in [1.29, 1.82) is 0 Å². The van der Waals surface area contributed by atoms with Crippen molar-refractivity contribution in [3.63, 3.8) is 0 Å². The van der Waals surface area contributed by atoms with E-state index in [9.17, 15) is 9.59 Å². The number of ether oxygens (including phenoxy) is 2. The van der Waals surface area contributed by atoms with Crippen LogP contribution >= 0.6 is 0 Å². The van der Waals surface area contributed by atoms with E-state index in [0.717, 1.165) is 50.2 Å². The number of carboxylic acid groups (broad SMARTS) is 2. The third-order valence-electron chi connectivity index (χ3n) is 7.53. The smallest absolute Gasteiger partial charge is 0.328 e. The first-order valence-electron chi connectivity index (χ1n) is 13.1. The average Bonchev–Trinajstić information content (AvgIpc) is 3.15. The summed E-state index contributed by atoms with van der Waals surface area (Å²) in [4.78, 5) is 25.2. The molecule has 1 fully saturated rings. The molecule has 202 valence electrons. The van der Waals surface area contributed by atoms with Crippen molar-refractivity contribution in [2.24, 2.45) is 0 Å². The number of aromatic nitrogens is 1. The molecule has 1 spiro atoms. The van der Waals surface area contributed by atoms with Gasteiger partial charge in [-0.3, -0.25) is 0 Å². The van der Waals surface area contributed by atoms with Gasteiger partial charge in [-0.25, -0.2) is 9.59 Å². The number of H-pyrrole nitrogens is 1. The molecule has 8 nitrogen and oxygen atoms in total. The van der Waals surface area contributed by atoms with Crippen LogP contribution in [-0.4, -0.2) is 63.4 Å². The number of hydrogen-bond acceptors (Lipinski definition) is 5. The van der Waals surface area contributed by atoms with Crippen molar-refractivity contribution < 1.29 is 29.3 Å². The van der Waals surface area contributed by atoms with Crippen LogP contribution in [0.2, 0.25) is 0 Å². The average molecular weight is 521 g/mol. The van der Waals surface area contributed by atoms with E-state index in [1.807, 2.05) is 6.07 Å². The summed E-state index contributed by atoms with van der Waals surface area (Å²) in [5.41, 5.74) is 5.04. The Balaban J connectivity index is 0.000000368. The van der Waals surface area contributed by atoms with Gasteiger partial charge in [-0.15, -0.1) is 0 Å². The summed E-state index contributed by atoms with van der Waals surface area (Å²) in [6, 6.07) is 16.9. The molecule has 8 heteroatoms. The quantitative estimate of drug-likeness (QED) is 0.394. The number of carbonyl (C=O) groups is 2. The third kappa shape index (κ3) is 6.62. The number of piperidine rings is 1. The number of carboxylic acids is 2. The first kappa shape index (κ1) is 27.4. The van der Waals surface area contributed by atoms with E-state index in [4.69, 9.17) is 19.7 Å². The lowest BCUT2D eigenvalue weighted by Crippen LogP contribution is -2.53. The lowest BCUT2D eigenvalue weighted by molar-refractivity contribution is -0.136. The van der Waals surface area contributed by atoms with E-state index in [0.29, 0.717) is 18.8 Å². The van der Waals surface area contributed by atoms with Crippen LogP contribution in [0.25, 0.3) is 10.9 Å². The summed E-state index contributed by atoms with van der Waals surface area (Å²) >= 11 is 0. The monoisotopic (exact) mass is 520 g/mol. The number of para-hydroxylation sites is 2. The highest BCUT2D eigenvalue weighted by atomic mass is 16.6. The zero-order valence-corrected chi connectivity index (χ0v) is 22.0. The maximum absolute atomic E-state index is 9.55. The number of aliphatic carboxylic acids is 2. The second kappa shape index (κ2) is 12.3. The van der Waals surface area contributed by atoms with Crippen molar-refractivity contribution in [2.75, 3.05) is 19.6 Å². The van der Waals surface area contributed by atoms with Crippen LogP contribution in [0, 0.1) is 6.92 Å². The molecule has 5 rings (SSSR count). The highest BCUT2D eigenvalue weighted by Gasteiger charge is 2.43. The zero-order valence-electron chi connectivity index (χ0n) is 22.0. The second-order valence-corrected chi connectivity index (χ2v) is 9.95. The van der Waals surface area contributed by atoms with E-state index in [2.05, 4.69) is 66.2 Å². The Kier molecular flexibility index (Phi) is 8.86. The van der Waals surface area contributed by atoms with Crippen LogP contribution in [0.15, 0.2) is 60.7 Å². The Hall–Kier alpha value is -3.62. The number of hydrogen-bond donors (Lipinski definition) is 3. The molecule has 2 aromatic carbocycles. The van der Waals surface area contributed by atoms with Gasteiger partial charge in [0.05, 0.1) is 6.61 Å². The number of aromatic amines is 1. The molecule has 0 bridgehead atoms. The Bertz CT molecular complexity index is 1270. The largest absolute Gasteiger partial charge is 0.487 e. The molecule has 1 aromatic heterocycles. The lowest BCUT2D eigenvalue weighted by atomic mass is 9.86. The normalized spacial score (nSPS) is 18.8. The zero-order chi connectivity index (χ0) is 27.1. The van der Waals surface area contributed by atoms with Gasteiger partial charge < -0.3 is 29.6 Å². The lowest BCUT2D eigenvalue weighted by Gasteiger charge is -2.43. The van der Waals surface area contributed by atoms with E-state index < -0.39 is 11.9 Å². The van der Waals surface area contributed by atoms with Crippen molar-refractivity contribution in [3.05, 3.63) is 77.5 Å². The van der Waals surface area contributed by atoms with Crippen LogP contribution in [0.1, 0.15) is 43.0 Å². The van der Waals surface area contributed by atoms with E-state index in [-0.39, 0.29) is 11.7 Å². The molecule has 3 aromatic rings. The molecule has 3 heterocycles. The van der Waals surface area contributed by atoms with Crippen molar-refractivity contribution in [1.82, 2.24) is 9.88 Å². The van der Waals surface area contributed by atoms with Gasteiger partial charge >= 0.3 is 11.9 Å². The topological polar surface area (TPSA) is 112 Å². The van der Waals surface area contributed by atoms with E-state index in [1.165, 1.54) is 28.6 Å². The van der Waals surface area contributed by atoms with Crippen molar-refractivity contribution >= 4 is 22.8 Å². The van der Waals surface area contributed by atoms with Gasteiger partial charge in [0.1, 0.15) is 17.5 Å². The number of benzene rings is 2. The molecule has 1 saturated heterocycles. The van der Waals surface area contributed by atoms with Gasteiger partial charge in [0.25, 0.3) is 0 Å². The van der Waals surface area contributed by atoms with Gasteiger partial charge in [-0.1, -0.05) is 36.4 Å². The standard InChI is InChI=1S/C26H32N2O2.C4H4O4/c1-19-22(23-9-4-5-11-24(23)27-19)10-7-15-28-16-13-26(14-17-28)20(2)30-25-12-6-3-8-21(25)18-29-26;5-3(6)1-2-4(7)8/h3-6,8-9,11-12,20,27H,7,10,13-18H2,1-2H3;1-2H,(H,5,6)(H,7,8)/b;2-1+. The SMILES string of the molecule is Cc1[nH]c2ccccc2c1CCCN1CCC2(CC1)OCc1ccccc1OC2C.O=C(O)/C=C/C(=O)O. The number of rotatable bonds is 6. The Morgan fingerprint density at radius 3 is 2.42 bits per heavy atom. The van der Waals surface area contributed by atoms with Crippen LogP contribution in [0.3, 0.4) is 0 Å². The number of fused-ring (bicyclic) bond motifs is 2. The van der Waals surface area contributed by atoms with Gasteiger partial charge in [0.15, 0.2) is 0 Å². The molecule has 0 saturated carbocycles. The van der Waals surface area contributed by atoms with Crippen molar-refractivity contribution in [3.8, 4) is 5.75 Å². The van der Waals surface area contributed by atoms with Crippen LogP contribution in [0.4, 0.5) is 0 Å². The molecule has 38 heavy (non-hydrogen) atoms. The molecule has 0 radical (unpaired) electrons. The molecule has 2 aliphatic rings. The molecule has 3 N–H and O–H groups in total. The van der Waals surface area contributed by atoms with Gasteiger partial charge in [-0.05, 0) is 63.8 Å².